The van der Waals surface area contributed by atoms with E-state index < -0.39 is 17.3 Å². The van der Waals surface area contributed by atoms with Crippen LogP contribution in [0.3, 0.4) is 0 Å². The average Bonchev–Trinajstić information content (AvgIpc) is 3.85. The number of anilines is 2. The van der Waals surface area contributed by atoms with Crippen molar-refractivity contribution in [3.8, 4) is 5.69 Å². The van der Waals surface area contributed by atoms with Gasteiger partial charge in [0, 0.05) is 132 Å². The summed E-state index contributed by atoms with van der Waals surface area (Å²) in [6.45, 7) is 13.4. The fourth-order valence-electron chi connectivity index (χ4n) is 13.0. The smallest absolute Gasteiger partial charge is 0.257 e. The number of halogens is 2. The topological polar surface area (TPSA) is 148 Å². The number of imide groups is 1. The summed E-state index contributed by atoms with van der Waals surface area (Å²) in [7, 11) is 3.51. The van der Waals surface area contributed by atoms with Gasteiger partial charge in [0.15, 0.2) is 5.82 Å². The highest BCUT2D eigenvalue weighted by atomic mass is 19.1. The highest BCUT2D eigenvalue weighted by Crippen LogP contribution is 2.54. The number of carbonyl (C=O) groups excluding carboxylic acids is 4. The van der Waals surface area contributed by atoms with Crippen molar-refractivity contribution in [2.24, 2.45) is 13.0 Å². The van der Waals surface area contributed by atoms with Gasteiger partial charge in [-0.15, -0.1) is 0 Å². The number of fused-ring (bicyclic) bond motifs is 3. The van der Waals surface area contributed by atoms with Crippen LogP contribution in [0.15, 0.2) is 71.8 Å². The normalized spacial score (nSPS) is 22.3. The van der Waals surface area contributed by atoms with Gasteiger partial charge >= 0.3 is 0 Å². The lowest BCUT2D eigenvalue weighted by Gasteiger charge is -2.43. The molecule has 11 rings (SSSR count). The minimum Gasteiger partial charge on any atom is -0.386 e. The number of pyridine rings is 2. The zero-order chi connectivity index (χ0) is 51.7. The summed E-state index contributed by atoms with van der Waals surface area (Å²) in [6.07, 6.45) is 10.4. The van der Waals surface area contributed by atoms with Crippen molar-refractivity contribution in [2.75, 3.05) is 69.6 Å². The number of aromatic nitrogens is 3. The zero-order valence-corrected chi connectivity index (χ0v) is 43.1. The van der Waals surface area contributed by atoms with E-state index in [1.165, 1.54) is 28.5 Å². The number of carbonyl (C=O) groups is 4. The molecule has 2 aromatic carbocycles. The molecule has 0 radical (unpaired) electrons. The van der Waals surface area contributed by atoms with Crippen molar-refractivity contribution in [1.29, 1.82) is 0 Å². The number of nitrogens with zero attached hydrogens (tertiary/aromatic N) is 8. The third-order valence-corrected chi connectivity index (χ3v) is 17.4. The third kappa shape index (κ3) is 8.73. The number of piperazine rings is 1. The lowest BCUT2D eigenvalue weighted by atomic mass is 9.65. The maximum absolute atomic E-state index is 16.2. The van der Waals surface area contributed by atoms with Crippen molar-refractivity contribution in [2.45, 2.75) is 102 Å². The first-order valence-corrected chi connectivity index (χ1v) is 26.5. The molecule has 4 fully saturated rings. The number of likely N-dealkylation sites (tertiary alicyclic amines) is 1. The molecule has 3 aromatic heterocycles. The molecule has 1 unspecified atom stereocenters. The second-order valence-corrected chi connectivity index (χ2v) is 21.7. The van der Waals surface area contributed by atoms with Crippen molar-refractivity contribution in [3.05, 3.63) is 123 Å². The monoisotopic (exact) mass is 1010 g/mol. The highest BCUT2D eigenvalue weighted by molar-refractivity contribution is 6.14. The average molecular weight is 1010 g/mol. The van der Waals surface area contributed by atoms with E-state index in [4.69, 9.17) is 0 Å². The SMILES string of the molecule is CNc1cc(=O)n(-c2ccnc3c2cc([C@H](C)N2CC=C(c4c(C)cc(C(=O)N5CCC(CN6CCN(Cc7ccc8c(c7)C7(CCC7)C(=O)N8C7CCC(=O)NC7=O)C[C@@H]6C)CC5)cc4F)CC2)n3C)cc1F. The van der Waals surface area contributed by atoms with E-state index in [0.717, 1.165) is 98.3 Å². The van der Waals surface area contributed by atoms with Gasteiger partial charge in [0.05, 0.1) is 23.0 Å². The van der Waals surface area contributed by atoms with Crippen LogP contribution < -0.4 is 21.1 Å². The number of aryl methyl sites for hydroxylation is 2. The number of amides is 4. The number of nitrogens with one attached hydrogen (secondary N) is 2. The largest absolute Gasteiger partial charge is 0.386 e. The second kappa shape index (κ2) is 19.6. The Kier molecular flexibility index (Phi) is 13.2. The molecule has 17 heteroatoms. The molecular weight excluding hydrogens is 943 g/mol. The van der Waals surface area contributed by atoms with Gasteiger partial charge in [-0.2, -0.15) is 0 Å². The first-order valence-electron chi connectivity index (χ1n) is 26.5. The van der Waals surface area contributed by atoms with Crippen LogP contribution >= 0.6 is 0 Å². The van der Waals surface area contributed by atoms with Crippen molar-refractivity contribution in [3.63, 3.8) is 0 Å². The minimum absolute atomic E-state index is 0.000501. The Morgan fingerprint density at radius 3 is 2.42 bits per heavy atom. The van der Waals surface area contributed by atoms with Gasteiger partial charge in [0.2, 0.25) is 17.7 Å². The standard InChI is InChI=1S/C57H66F2N10O5/c1-34-25-40(27-43(58)52(34)39-14-21-65(22-15-39)36(3)49-28-41-46(11-18-61-53(41)63(49)5)68-33-44(59)45(60-4)29-51(68)71)55(73)66-19-12-37(13-20-66)32-67-24-23-64(30-35(67)2)31-38-7-8-47-42(26-38)57(16-6-17-57)56(74)69(47)48-9-10-50(70)62-54(48)72/h7-8,11,14,18,25-29,33,35-37,48,60H,6,9-10,12-13,15-17,19-24,30-32H2,1-5H3,(H,62,70,72)/t35-,36-,48?/m0/s1. The highest BCUT2D eigenvalue weighted by Gasteiger charge is 2.57. The molecule has 3 saturated heterocycles. The van der Waals surface area contributed by atoms with E-state index in [1.807, 2.05) is 41.6 Å². The summed E-state index contributed by atoms with van der Waals surface area (Å²) in [6, 6.07) is 14.2. The molecule has 1 saturated carbocycles. The van der Waals surface area contributed by atoms with Gasteiger partial charge < -0.3 is 14.8 Å². The molecule has 5 aromatic rings. The third-order valence-electron chi connectivity index (χ3n) is 17.4. The quantitative estimate of drug-likeness (QED) is 0.135. The van der Waals surface area contributed by atoms with E-state index in [2.05, 4.69) is 62.4 Å². The first kappa shape index (κ1) is 49.6. The number of piperidine rings is 2. The first-order chi connectivity index (χ1) is 35.6. The summed E-state index contributed by atoms with van der Waals surface area (Å²) in [4.78, 5) is 81.2. The van der Waals surface area contributed by atoms with Crippen LogP contribution in [0.5, 0.6) is 0 Å². The zero-order valence-electron chi connectivity index (χ0n) is 43.1. The van der Waals surface area contributed by atoms with Crippen molar-refractivity contribution in [1.82, 2.24) is 39.0 Å². The number of hydrogen-bond donors (Lipinski definition) is 2. The van der Waals surface area contributed by atoms with Gasteiger partial charge in [-0.05, 0) is 118 Å². The van der Waals surface area contributed by atoms with Gasteiger partial charge in [-0.25, -0.2) is 13.8 Å². The Bertz CT molecular complexity index is 3170. The van der Waals surface area contributed by atoms with Gasteiger partial charge in [0.1, 0.15) is 17.5 Å². The molecule has 388 valence electrons. The molecule has 2 N–H and O–H groups in total. The second-order valence-electron chi connectivity index (χ2n) is 21.7. The summed E-state index contributed by atoms with van der Waals surface area (Å²) >= 11 is 0. The molecule has 0 bridgehead atoms. The van der Waals surface area contributed by atoms with Gasteiger partial charge in [-0.1, -0.05) is 24.6 Å². The summed E-state index contributed by atoms with van der Waals surface area (Å²) < 4.78 is 34.3. The minimum atomic E-state index is -0.657. The van der Waals surface area contributed by atoms with Crippen LogP contribution in [-0.4, -0.2) is 129 Å². The van der Waals surface area contributed by atoms with Crippen LogP contribution in [-0.2, 0) is 33.4 Å². The Morgan fingerprint density at radius 1 is 0.932 bits per heavy atom. The summed E-state index contributed by atoms with van der Waals surface area (Å²) in [5.41, 5.74) is 7.04. The van der Waals surface area contributed by atoms with E-state index >= 15 is 4.39 Å². The fraction of sp³-hybridized carbons (Fsp3) is 0.474. The van der Waals surface area contributed by atoms with E-state index in [9.17, 15) is 28.4 Å². The van der Waals surface area contributed by atoms with Gasteiger partial charge in [-0.3, -0.25) is 53.5 Å². The van der Waals surface area contributed by atoms with Crippen molar-refractivity contribution < 1.29 is 28.0 Å². The van der Waals surface area contributed by atoms with E-state index in [0.29, 0.717) is 73.4 Å². The molecule has 6 aliphatic rings. The molecule has 1 spiro atoms. The Labute approximate surface area is 430 Å². The number of hydrogen-bond acceptors (Lipinski definition) is 10. The predicted octanol–water partition coefficient (Wildman–Crippen LogP) is 6.83. The Morgan fingerprint density at radius 2 is 1.73 bits per heavy atom. The summed E-state index contributed by atoms with van der Waals surface area (Å²) in [5.74, 6) is -1.25. The maximum atomic E-state index is 16.2. The van der Waals surface area contributed by atoms with E-state index in [1.54, 1.807) is 24.2 Å². The Hall–Kier alpha value is -6.56. The maximum Gasteiger partial charge on any atom is 0.257 e. The van der Waals surface area contributed by atoms with Crippen LogP contribution in [0.4, 0.5) is 20.2 Å². The fourth-order valence-corrected chi connectivity index (χ4v) is 13.0. The number of rotatable bonds is 11. The van der Waals surface area contributed by atoms with Crippen LogP contribution in [0.1, 0.15) is 110 Å². The van der Waals surface area contributed by atoms with Crippen molar-refractivity contribution >= 4 is 51.6 Å². The molecule has 4 amide bonds. The van der Waals surface area contributed by atoms with Crippen LogP contribution in [0, 0.1) is 24.5 Å². The van der Waals surface area contributed by atoms with Crippen LogP contribution in [0.25, 0.3) is 22.3 Å². The molecule has 3 atom stereocenters. The molecule has 74 heavy (non-hydrogen) atoms. The lowest BCUT2D eigenvalue weighted by Crippen LogP contribution is -2.56. The van der Waals surface area contributed by atoms with E-state index in [-0.39, 0.29) is 53.2 Å². The van der Waals surface area contributed by atoms with Crippen LogP contribution in [0.2, 0.25) is 0 Å². The Balaban J connectivity index is 0.676. The summed E-state index contributed by atoms with van der Waals surface area (Å²) in [5, 5.41) is 5.89. The lowest BCUT2D eigenvalue weighted by molar-refractivity contribution is -0.136. The molecule has 1 aliphatic carbocycles. The molecule has 8 heterocycles. The number of benzene rings is 2. The molecule has 5 aliphatic heterocycles. The van der Waals surface area contributed by atoms with Gasteiger partial charge in [0.25, 0.3) is 11.5 Å². The predicted molar refractivity (Wildman–Crippen MR) is 280 cm³/mol. The molecule has 15 nitrogen and oxygen atoms in total. The molecular formula is C57H66F2N10O5.